The Kier molecular flexibility index (Phi) is 8.91. The SMILES string of the molecule is Cc1ccc2c(c1)OC(c1cccc(OCc3ccccc3)c1)[C@H](O)C2.Oc1cccc(C2Oc3cc(O)ccc3C[C@H]2O)c1. The van der Waals surface area contributed by atoms with Crippen molar-refractivity contribution in [1.29, 1.82) is 0 Å². The minimum atomic E-state index is -0.682. The van der Waals surface area contributed by atoms with E-state index in [4.69, 9.17) is 14.2 Å². The highest BCUT2D eigenvalue weighted by molar-refractivity contribution is 5.44. The van der Waals surface area contributed by atoms with Gasteiger partial charge >= 0.3 is 0 Å². The van der Waals surface area contributed by atoms with Gasteiger partial charge in [0.1, 0.15) is 47.6 Å². The normalized spacial score (nSPS) is 19.9. The molecule has 0 fully saturated rings. The minimum Gasteiger partial charge on any atom is -0.508 e. The number of ether oxygens (including phenoxy) is 3. The van der Waals surface area contributed by atoms with Crippen LogP contribution in [0.1, 0.15) is 45.6 Å². The predicted octanol–water partition coefficient (Wildman–Crippen LogP) is 6.75. The van der Waals surface area contributed by atoms with Gasteiger partial charge in [0.05, 0.1) is 12.2 Å². The molecule has 0 bridgehead atoms. The predicted molar refractivity (Wildman–Crippen MR) is 171 cm³/mol. The molecule has 2 aliphatic heterocycles. The van der Waals surface area contributed by atoms with Gasteiger partial charge in [-0.2, -0.15) is 0 Å². The molecule has 0 amide bonds. The highest BCUT2D eigenvalue weighted by Crippen LogP contribution is 2.38. The molecular formula is C38H36O7. The molecule has 4 N–H and O–H groups in total. The molecule has 0 saturated heterocycles. The summed E-state index contributed by atoms with van der Waals surface area (Å²) in [6.45, 7) is 2.56. The van der Waals surface area contributed by atoms with Gasteiger partial charge in [0.15, 0.2) is 0 Å². The fourth-order valence-electron chi connectivity index (χ4n) is 5.66. The molecule has 5 aromatic rings. The van der Waals surface area contributed by atoms with Gasteiger partial charge in [0.25, 0.3) is 0 Å². The summed E-state index contributed by atoms with van der Waals surface area (Å²) >= 11 is 0. The lowest BCUT2D eigenvalue weighted by Gasteiger charge is -2.31. The molecule has 0 spiro atoms. The van der Waals surface area contributed by atoms with E-state index in [0.29, 0.717) is 30.8 Å². The van der Waals surface area contributed by atoms with Gasteiger partial charge < -0.3 is 34.6 Å². The molecule has 2 aliphatic rings. The smallest absolute Gasteiger partial charge is 0.150 e. The van der Waals surface area contributed by atoms with Crippen molar-refractivity contribution < 1.29 is 34.6 Å². The largest absolute Gasteiger partial charge is 0.508 e. The number of hydrogen-bond acceptors (Lipinski definition) is 7. The number of benzene rings is 5. The molecule has 2 unspecified atom stereocenters. The van der Waals surface area contributed by atoms with E-state index >= 15 is 0 Å². The molecule has 2 heterocycles. The van der Waals surface area contributed by atoms with Crippen LogP contribution in [0.4, 0.5) is 0 Å². The maximum absolute atomic E-state index is 10.6. The third-order valence-corrected chi connectivity index (χ3v) is 7.97. The van der Waals surface area contributed by atoms with Gasteiger partial charge in [-0.1, -0.05) is 72.8 Å². The molecule has 7 heteroatoms. The van der Waals surface area contributed by atoms with Crippen LogP contribution in [-0.4, -0.2) is 32.6 Å². The average Bonchev–Trinajstić information content (AvgIpc) is 3.04. The van der Waals surface area contributed by atoms with Crippen LogP contribution >= 0.6 is 0 Å². The van der Waals surface area contributed by atoms with Crippen LogP contribution in [0, 0.1) is 6.92 Å². The Morgan fingerprint density at radius 3 is 1.91 bits per heavy atom. The van der Waals surface area contributed by atoms with Crippen molar-refractivity contribution in [2.24, 2.45) is 0 Å². The first kappa shape index (κ1) is 30.1. The Balaban J connectivity index is 0.000000167. The number of hydrogen-bond donors (Lipinski definition) is 4. The third kappa shape index (κ3) is 7.23. The fraction of sp³-hybridized carbons (Fsp3) is 0.211. The van der Waals surface area contributed by atoms with Gasteiger partial charge in [-0.15, -0.1) is 0 Å². The first-order valence-electron chi connectivity index (χ1n) is 15.0. The number of aliphatic hydroxyl groups is 2. The zero-order chi connectivity index (χ0) is 31.3. The first-order valence-corrected chi connectivity index (χ1v) is 15.0. The fourth-order valence-corrected chi connectivity index (χ4v) is 5.66. The summed E-state index contributed by atoms with van der Waals surface area (Å²) in [5.41, 5.74) is 5.82. The monoisotopic (exact) mass is 604 g/mol. The number of fused-ring (bicyclic) bond motifs is 2. The van der Waals surface area contributed by atoms with Crippen molar-refractivity contribution in [2.75, 3.05) is 0 Å². The lowest BCUT2D eigenvalue weighted by atomic mass is 9.94. The molecule has 0 saturated carbocycles. The second-order valence-electron chi connectivity index (χ2n) is 11.5. The van der Waals surface area contributed by atoms with E-state index in [-0.39, 0.29) is 17.6 Å². The van der Waals surface area contributed by atoms with Crippen LogP contribution in [0.3, 0.4) is 0 Å². The summed E-state index contributed by atoms with van der Waals surface area (Å²) in [5, 5.41) is 39.7. The Labute approximate surface area is 262 Å². The van der Waals surface area contributed by atoms with Crippen molar-refractivity contribution >= 4 is 0 Å². The zero-order valence-corrected chi connectivity index (χ0v) is 24.9. The van der Waals surface area contributed by atoms with E-state index in [1.807, 2.05) is 79.7 Å². The molecule has 0 aliphatic carbocycles. The zero-order valence-electron chi connectivity index (χ0n) is 24.9. The average molecular weight is 605 g/mol. The summed E-state index contributed by atoms with van der Waals surface area (Å²) in [7, 11) is 0. The standard InChI is InChI=1S/C23H22O3.C15H14O4/c1-16-10-11-18-14-21(24)23(26-22(18)12-16)19-8-5-9-20(13-19)25-15-17-6-3-2-4-7-17;16-11-3-1-2-10(6-11)15-13(18)7-9-4-5-12(17)8-14(9)19-15/h2-13,21,23-24H,14-15H2,1H3;1-6,8,13,15-18H,7H2/t21-,23?;13-,15?/m11/s1. The number of rotatable bonds is 5. The second kappa shape index (κ2) is 13.3. The van der Waals surface area contributed by atoms with Crippen molar-refractivity contribution in [3.05, 3.63) is 149 Å². The lowest BCUT2D eigenvalue weighted by Crippen LogP contribution is -2.30. The van der Waals surface area contributed by atoms with Crippen LogP contribution in [-0.2, 0) is 19.4 Å². The summed E-state index contributed by atoms with van der Waals surface area (Å²) in [4.78, 5) is 0. The molecule has 7 rings (SSSR count). The summed E-state index contributed by atoms with van der Waals surface area (Å²) in [6.07, 6.45) is -1.13. The molecule has 45 heavy (non-hydrogen) atoms. The molecule has 0 aromatic heterocycles. The van der Waals surface area contributed by atoms with E-state index in [0.717, 1.165) is 39.3 Å². The summed E-state index contributed by atoms with van der Waals surface area (Å²) in [6, 6.07) is 35.5. The van der Waals surface area contributed by atoms with Crippen LogP contribution < -0.4 is 14.2 Å². The van der Waals surface area contributed by atoms with Crippen LogP contribution in [0.2, 0.25) is 0 Å². The van der Waals surface area contributed by atoms with Gasteiger partial charge in [0.2, 0.25) is 0 Å². The van der Waals surface area contributed by atoms with E-state index in [2.05, 4.69) is 0 Å². The van der Waals surface area contributed by atoms with E-state index in [9.17, 15) is 20.4 Å². The summed E-state index contributed by atoms with van der Waals surface area (Å²) in [5.74, 6) is 2.46. The Morgan fingerprint density at radius 1 is 0.622 bits per heavy atom. The Bertz CT molecular complexity index is 1750. The number of aromatic hydroxyl groups is 2. The van der Waals surface area contributed by atoms with Gasteiger partial charge in [-0.05, 0) is 76.7 Å². The van der Waals surface area contributed by atoms with Gasteiger partial charge in [-0.3, -0.25) is 0 Å². The highest BCUT2D eigenvalue weighted by atomic mass is 16.5. The van der Waals surface area contributed by atoms with Gasteiger partial charge in [0, 0.05) is 18.9 Å². The topological polar surface area (TPSA) is 109 Å². The van der Waals surface area contributed by atoms with Crippen LogP contribution in [0.15, 0.2) is 115 Å². The quantitative estimate of drug-likeness (QED) is 0.176. The number of aryl methyl sites for hydroxylation is 1. The first-order chi connectivity index (χ1) is 21.8. The summed E-state index contributed by atoms with van der Waals surface area (Å²) < 4.78 is 17.8. The molecule has 5 aromatic carbocycles. The van der Waals surface area contributed by atoms with E-state index in [1.165, 1.54) is 6.07 Å². The number of aliphatic hydroxyl groups excluding tert-OH is 2. The lowest BCUT2D eigenvalue weighted by molar-refractivity contribution is 0.0205. The maximum atomic E-state index is 10.6. The molecule has 7 nitrogen and oxygen atoms in total. The third-order valence-electron chi connectivity index (χ3n) is 7.97. The molecule has 230 valence electrons. The van der Waals surface area contributed by atoms with Crippen LogP contribution in [0.5, 0.6) is 28.7 Å². The molecular weight excluding hydrogens is 568 g/mol. The van der Waals surface area contributed by atoms with Crippen molar-refractivity contribution in [1.82, 2.24) is 0 Å². The number of phenolic OH excluding ortho intramolecular Hbond substituents is 2. The molecule has 0 radical (unpaired) electrons. The van der Waals surface area contributed by atoms with Gasteiger partial charge in [-0.25, -0.2) is 0 Å². The van der Waals surface area contributed by atoms with E-state index in [1.54, 1.807) is 36.4 Å². The van der Waals surface area contributed by atoms with E-state index < -0.39 is 18.3 Å². The second-order valence-corrected chi connectivity index (χ2v) is 11.5. The maximum Gasteiger partial charge on any atom is 0.150 e. The minimum absolute atomic E-state index is 0.129. The van der Waals surface area contributed by atoms with Crippen LogP contribution in [0.25, 0.3) is 0 Å². The Hall–Kier alpha value is -4.98. The van der Waals surface area contributed by atoms with Crippen molar-refractivity contribution in [3.8, 4) is 28.7 Å². The highest BCUT2D eigenvalue weighted by Gasteiger charge is 2.31. The van der Waals surface area contributed by atoms with Crippen molar-refractivity contribution in [3.63, 3.8) is 0 Å². The van der Waals surface area contributed by atoms with Crippen molar-refractivity contribution in [2.45, 2.75) is 50.8 Å². The Morgan fingerprint density at radius 2 is 1.22 bits per heavy atom. The number of phenols is 2. The molecule has 4 atom stereocenters.